The highest BCUT2D eigenvalue weighted by Crippen LogP contribution is 2.24. The van der Waals surface area contributed by atoms with Crippen LogP contribution in [0.25, 0.3) is 0 Å². The molecule has 0 atom stereocenters. The van der Waals surface area contributed by atoms with E-state index >= 15 is 0 Å². The van der Waals surface area contributed by atoms with Gasteiger partial charge in [0.15, 0.2) is 5.13 Å². The third kappa shape index (κ3) is 4.37. The normalized spacial score (nSPS) is 9.95. The average molecular weight is 318 g/mol. The maximum atomic E-state index is 12.8. The SMILES string of the molecule is COc1ccc(OC)c(CNCc2ccc(F)s2)c1.Cl. The summed E-state index contributed by atoms with van der Waals surface area (Å²) in [4.78, 5) is 0.972. The van der Waals surface area contributed by atoms with E-state index in [1.165, 1.54) is 6.07 Å². The van der Waals surface area contributed by atoms with Crippen LogP contribution in [0.15, 0.2) is 30.3 Å². The maximum absolute atomic E-state index is 12.8. The van der Waals surface area contributed by atoms with Crippen LogP contribution in [-0.4, -0.2) is 14.2 Å². The van der Waals surface area contributed by atoms with E-state index in [1.54, 1.807) is 20.3 Å². The van der Waals surface area contributed by atoms with E-state index in [0.717, 1.165) is 33.3 Å². The van der Waals surface area contributed by atoms with Crippen LogP contribution in [0.5, 0.6) is 11.5 Å². The predicted molar refractivity (Wildman–Crippen MR) is 81.6 cm³/mol. The van der Waals surface area contributed by atoms with Crippen LogP contribution in [0, 0.1) is 5.13 Å². The van der Waals surface area contributed by atoms with E-state index in [9.17, 15) is 4.39 Å². The molecule has 2 rings (SSSR count). The zero-order valence-corrected chi connectivity index (χ0v) is 12.9. The minimum absolute atomic E-state index is 0. The number of halogens is 2. The summed E-state index contributed by atoms with van der Waals surface area (Å²) >= 11 is 1.16. The Bertz CT molecular complexity index is 548. The third-order valence-electron chi connectivity index (χ3n) is 2.73. The molecular formula is C14H17ClFNO2S. The van der Waals surface area contributed by atoms with Crippen LogP contribution >= 0.6 is 23.7 Å². The Labute approximate surface area is 128 Å². The van der Waals surface area contributed by atoms with Gasteiger partial charge in [-0.2, -0.15) is 4.39 Å². The molecule has 0 bridgehead atoms. The molecule has 20 heavy (non-hydrogen) atoms. The second kappa shape index (κ2) is 8.09. The van der Waals surface area contributed by atoms with Crippen molar-refractivity contribution in [2.24, 2.45) is 0 Å². The molecule has 0 spiro atoms. The number of hydrogen-bond acceptors (Lipinski definition) is 4. The first-order valence-corrected chi connectivity index (χ1v) is 6.70. The van der Waals surface area contributed by atoms with Crippen molar-refractivity contribution < 1.29 is 13.9 Å². The monoisotopic (exact) mass is 317 g/mol. The summed E-state index contributed by atoms with van der Waals surface area (Å²) < 4.78 is 23.3. The number of hydrogen-bond donors (Lipinski definition) is 1. The zero-order chi connectivity index (χ0) is 13.7. The standard InChI is InChI=1S/C14H16FNO2S.ClH/c1-17-11-3-5-13(18-2)10(7-11)8-16-9-12-4-6-14(15)19-12;/h3-7,16H,8-9H2,1-2H3;1H. The molecule has 0 amide bonds. The largest absolute Gasteiger partial charge is 0.497 e. The van der Waals surface area contributed by atoms with Crippen molar-refractivity contribution in [3.63, 3.8) is 0 Å². The van der Waals surface area contributed by atoms with Crippen molar-refractivity contribution in [3.05, 3.63) is 45.9 Å². The van der Waals surface area contributed by atoms with Crippen molar-refractivity contribution in [2.75, 3.05) is 14.2 Å². The molecule has 0 unspecified atom stereocenters. The van der Waals surface area contributed by atoms with Crippen LogP contribution in [0.3, 0.4) is 0 Å². The molecule has 6 heteroatoms. The van der Waals surface area contributed by atoms with Gasteiger partial charge in [-0.1, -0.05) is 0 Å². The smallest absolute Gasteiger partial charge is 0.176 e. The fourth-order valence-corrected chi connectivity index (χ4v) is 2.48. The quantitative estimate of drug-likeness (QED) is 0.882. The molecule has 0 aliphatic carbocycles. The highest BCUT2D eigenvalue weighted by atomic mass is 35.5. The van der Waals surface area contributed by atoms with Gasteiger partial charge in [-0.15, -0.1) is 23.7 Å². The molecule has 0 saturated carbocycles. The van der Waals surface area contributed by atoms with Gasteiger partial charge in [0.05, 0.1) is 14.2 Å². The molecule has 1 aromatic heterocycles. The van der Waals surface area contributed by atoms with Crippen LogP contribution in [0.4, 0.5) is 4.39 Å². The van der Waals surface area contributed by atoms with E-state index < -0.39 is 0 Å². The molecule has 1 N–H and O–H groups in total. The number of rotatable bonds is 6. The molecule has 0 fully saturated rings. The fraction of sp³-hybridized carbons (Fsp3) is 0.286. The highest BCUT2D eigenvalue weighted by molar-refractivity contribution is 7.10. The summed E-state index contributed by atoms with van der Waals surface area (Å²) in [5.74, 6) is 1.60. The summed E-state index contributed by atoms with van der Waals surface area (Å²) in [6.45, 7) is 1.27. The van der Waals surface area contributed by atoms with Crippen molar-refractivity contribution in [3.8, 4) is 11.5 Å². The number of benzene rings is 1. The summed E-state index contributed by atoms with van der Waals surface area (Å²) in [6, 6.07) is 8.93. The van der Waals surface area contributed by atoms with Crippen LogP contribution in [0.2, 0.25) is 0 Å². The lowest BCUT2D eigenvalue weighted by molar-refractivity contribution is 0.397. The van der Waals surface area contributed by atoms with Gasteiger partial charge in [-0.3, -0.25) is 0 Å². The first kappa shape index (κ1) is 16.8. The zero-order valence-electron chi connectivity index (χ0n) is 11.3. The molecule has 1 aromatic carbocycles. The Morgan fingerprint density at radius 2 is 1.90 bits per heavy atom. The second-order valence-electron chi connectivity index (χ2n) is 3.99. The minimum atomic E-state index is -0.157. The summed E-state index contributed by atoms with van der Waals surface area (Å²) in [5.41, 5.74) is 1.01. The van der Waals surface area contributed by atoms with E-state index in [0.29, 0.717) is 13.1 Å². The Morgan fingerprint density at radius 3 is 2.50 bits per heavy atom. The summed E-state index contributed by atoms with van der Waals surface area (Å²) in [5, 5.41) is 3.11. The van der Waals surface area contributed by atoms with Gasteiger partial charge in [0.1, 0.15) is 11.5 Å². The lowest BCUT2D eigenvalue weighted by atomic mass is 10.2. The van der Waals surface area contributed by atoms with E-state index in [2.05, 4.69) is 5.32 Å². The lowest BCUT2D eigenvalue weighted by Gasteiger charge is -2.11. The first-order chi connectivity index (χ1) is 9.22. The third-order valence-corrected chi connectivity index (χ3v) is 3.60. The Morgan fingerprint density at radius 1 is 1.10 bits per heavy atom. The lowest BCUT2D eigenvalue weighted by Crippen LogP contribution is -2.12. The van der Waals surface area contributed by atoms with E-state index in [4.69, 9.17) is 9.47 Å². The van der Waals surface area contributed by atoms with Crippen molar-refractivity contribution >= 4 is 23.7 Å². The van der Waals surface area contributed by atoms with Crippen molar-refractivity contribution in [1.29, 1.82) is 0 Å². The molecule has 1 heterocycles. The first-order valence-electron chi connectivity index (χ1n) is 5.88. The molecule has 0 aliphatic heterocycles. The van der Waals surface area contributed by atoms with Crippen molar-refractivity contribution in [1.82, 2.24) is 5.32 Å². The number of methoxy groups -OCH3 is 2. The maximum Gasteiger partial charge on any atom is 0.176 e. The minimum Gasteiger partial charge on any atom is -0.497 e. The molecule has 0 aliphatic rings. The molecule has 0 radical (unpaired) electrons. The predicted octanol–water partition coefficient (Wildman–Crippen LogP) is 3.62. The Kier molecular flexibility index (Phi) is 6.78. The van der Waals surface area contributed by atoms with Gasteiger partial charge in [-0.05, 0) is 30.3 Å². The average Bonchev–Trinajstić information content (AvgIpc) is 2.84. The molecular weight excluding hydrogens is 301 g/mol. The number of ether oxygens (including phenoxy) is 2. The molecule has 3 nitrogen and oxygen atoms in total. The summed E-state index contributed by atoms with van der Waals surface area (Å²) in [6.07, 6.45) is 0. The number of thiophene rings is 1. The fourth-order valence-electron chi connectivity index (χ4n) is 1.79. The van der Waals surface area contributed by atoms with E-state index in [1.807, 2.05) is 18.2 Å². The Balaban J connectivity index is 0.00000200. The van der Waals surface area contributed by atoms with Crippen LogP contribution in [0.1, 0.15) is 10.4 Å². The van der Waals surface area contributed by atoms with Gasteiger partial charge in [0.25, 0.3) is 0 Å². The van der Waals surface area contributed by atoms with Crippen molar-refractivity contribution in [2.45, 2.75) is 13.1 Å². The molecule has 0 saturated heterocycles. The Hall–Kier alpha value is -1.30. The van der Waals surface area contributed by atoms with E-state index in [-0.39, 0.29) is 17.5 Å². The van der Waals surface area contributed by atoms with Gasteiger partial charge < -0.3 is 14.8 Å². The highest BCUT2D eigenvalue weighted by Gasteiger charge is 2.05. The molecule has 110 valence electrons. The van der Waals surface area contributed by atoms with Crippen LogP contribution < -0.4 is 14.8 Å². The van der Waals surface area contributed by atoms with Crippen LogP contribution in [-0.2, 0) is 13.1 Å². The summed E-state index contributed by atoms with van der Waals surface area (Å²) in [7, 11) is 3.27. The van der Waals surface area contributed by atoms with Gasteiger partial charge in [-0.25, -0.2) is 0 Å². The topological polar surface area (TPSA) is 30.5 Å². The van der Waals surface area contributed by atoms with Gasteiger partial charge >= 0.3 is 0 Å². The van der Waals surface area contributed by atoms with Gasteiger partial charge in [0, 0.05) is 23.5 Å². The van der Waals surface area contributed by atoms with Gasteiger partial charge in [0.2, 0.25) is 0 Å². The second-order valence-corrected chi connectivity index (χ2v) is 5.11. The molecule has 2 aromatic rings. The number of nitrogens with one attached hydrogen (secondary N) is 1.